The fraction of sp³-hybridized carbons (Fsp3) is 1.00. The van der Waals surface area contributed by atoms with Crippen LogP contribution in [0, 0.1) is 0 Å². The molecule has 0 amide bonds. The largest absolute Gasteiger partial charge is 0.726 e. The van der Waals surface area contributed by atoms with Gasteiger partial charge in [0.05, 0.1) is 13.2 Å². The molecule has 0 saturated heterocycles. The summed E-state index contributed by atoms with van der Waals surface area (Å²) in [4.78, 5) is 0. The molecule has 0 aliphatic heterocycles. The maximum absolute atomic E-state index is 10.1. The van der Waals surface area contributed by atoms with Gasteiger partial charge >= 0.3 is 0 Å². The van der Waals surface area contributed by atoms with E-state index in [0.29, 0.717) is 6.61 Å². The number of hydrogen-bond donors (Lipinski definition) is 0. The van der Waals surface area contributed by atoms with E-state index in [-0.39, 0.29) is 34.3 Å². The van der Waals surface area contributed by atoms with E-state index in [9.17, 15) is 13.0 Å². The molecule has 21 heavy (non-hydrogen) atoms. The van der Waals surface area contributed by atoms with Crippen LogP contribution in [0.5, 0.6) is 0 Å². The second-order valence-corrected chi connectivity index (χ2v) is 6.08. The number of hydrogen-bond acceptors (Lipinski definition) is 5. The summed E-state index contributed by atoms with van der Waals surface area (Å²) in [5.74, 6) is 0. The Morgan fingerprint density at radius 3 is 1.71 bits per heavy atom. The molecule has 0 fully saturated rings. The zero-order valence-corrected chi connectivity index (χ0v) is 15.9. The Morgan fingerprint density at radius 2 is 1.24 bits per heavy atom. The van der Waals surface area contributed by atoms with Crippen molar-refractivity contribution in [3.05, 3.63) is 0 Å². The summed E-state index contributed by atoms with van der Waals surface area (Å²) in [7, 11) is -4.57. The van der Waals surface area contributed by atoms with E-state index in [2.05, 4.69) is 11.1 Å². The summed E-state index contributed by atoms with van der Waals surface area (Å²) in [5.41, 5.74) is 0. The van der Waals surface area contributed by atoms with Crippen molar-refractivity contribution in [2.75, 3.05) is 19.8 Å². The van der Waals surface area contributed by atoms with Crippen LogP contribution in [0.2, 0.25) is 0 Å². The minimum atomic E-state index is -4.57. The number of rotatable bonds is 15. The molecule has 7 heteroatoms. The predicted molar refractivity (Wildman–Crippen MR) is 78.3 cm³/mol. The fourth-order valence-electron chi connectivity index (χ4n) is 1.99. The van der Waals surface area contributed by atoms with E-state index in [1.165, 1.54) is 51.4 Å². The van der Waals surface area contributed by atoms with Crippen LogP contribution in [-0.4, -0.2) is 32.8 Å². The van der Waals surface area contributed by atoms with Crippen molar-refractivity contribution in [1.82, 2.24) is 0 Å². The van der Waals surface area contributed by atoms with E-state index < -0.39 is 10.4 Å². The Kier molecular flexibility index (Phi) is 19.1. The van der Waals surface area contributed by atoms with Crippen molar-refractivity contribution in [1.29, 1.82) is 0 Å². The number of ether oxygens (including phenoxy) is 1. The molecule has 0 saturated carbocycles. The molecule has 5 nitrogen and oxygen atoms in total. The van der Waals surface area contributed by atoms with Gasteiger partial charge in [0.15, 0.2) is 0 Å². The maximum atomic E-state index is 10.1. The molecular weight excluding hydrogens is 376 g/mol. The van der Waals surface area contributed by atoms with Crippen molar-refractivity contribution in [2.24, 2.45) is 0 Å². The molecule has 0 aliphatic rings. The molecule has 0 aliphatic carbocycles. The molecular formula is C14H29MoO5S-. The normalized spacial score (nSPS) is 11.3. The molecule has 0 N–H and O–H groups in total. The average molecular weight is 405 g/mol. The van der Waals surface area contributed by atoms with Crippen molar-refractivity contribution in [2.45, 2.75) is 71.1 Å². The Labute approximate surface area is 144 Å². The van der Waals surface area contributed by atoms with Crippen LogP contribution in [0.4, 0.5) is 0 Å². The van der Waals surface area contributed by atoms with Crippen LogP contribution in [0.25, 0.3) is 0 Å². The van der Waals surface area contributed by atoms with Crippen molar-refractivity contribution in [3.8, 4) is 0 Å². The topological polar surface area (TPSA) is 75.7 Å². The van der Waals surface area contributed by atoms with Gasteiger partial charge in [-0.15, -0.1) is 0 Å². The van der Waals surface area contributed by atoms with Crippen molar-refractivity contribution < 1.29 is 43.0 Å². The molecule has 0 atom stereocenters. The second-order valence-electron chi connectivity index (χ2n) is 5.02. The van der Waals surface area contributed by atoms with Crippen molar-refractivity contribution in [3.63, 3.8) is 0 Å². The summed E-state index contributed by atoms with van der Waals surface area (Å²) in [6, 6.07) is 0. The Balaban J connectivity index is 0. The van der Waals surface area contributed by atoms with E-state index >= 15 is 0 Å². The van der Waals surface area contributed by atoms with Crippen LogP contribution in [0.1, 0.15) is 71.1 Å². The fourth-order valence-corrected chi connectivity index (χ4v) is 2.26. The maximum Gasteiger partial charge on any atom is 0.217 e. The minimum Gasteiger partial charge on any atom is -0.726 e. The van der Waals surface area contributed by atoms with Gasteiger partial charge < -0.3 is 9.29 Å². The molecule has 0 aromatic heterocycles. The number of unbranched alkanes of at least 4 members (excludes halogenated alkanes) is 9. The van der Waals surface area contributed by atoms with Gasteiger partial charge in [-0.25, -0.2) is 8.42 Å². The van der Waals surface area contributed by atoms with Gasteiger partial charge in [0, 0.05) is 27.7 Å². The third-order valence-corrected chi connectivity index (χ3v) is 3.55. The third-order valence-electron chi connectivity index (χ3n) is 3.10. The first-order chi connectivity index (χ1) is 9.56. The molecule has 0 aromatic carbocycles. The molecule has 128 valence electrons. The van der Waals surface area contributed by atoms with Crippen LogP contribution < -0.4 is 0 Å². The summed E-state index contributed by atoms with van der Waals surface area (Å²) in [6.45, 7) is 2.79. The van der Waals surface area contributed by atoms with E-state index in [4.69, 9.17) is 4.74 Å². The first kappa shape index (κ1) is 23.8. The van der Waals surface area contributed by atoms with Gasteiger partial charge in [-0.2, -0.15) is 0 Å². The quantitative estimate of drug-likeness (QED) is 0.181. The standard InChI is InChI=1S/C14H30O5S.Mo/c1-2-3-4-5-6-7-8-9-10-11-12-18-13-14-19-20(15,16)17;/h2-14H2,1H3,(H,15,16,17);/p-1. The van der Waals surface area contributed by atoms with E-state index in [1.807, 2.05) is 0 Å². The summed E-state index contributed by atoms with van der Waals surface area (Å²) in [5, 5.41) is 0. The molecule has 0 unspecified atom stereocenters. The zero-order chi connectivity index (χ0) is 15.1. The van der Waals surface area contributed by atoms with Gasteiger partial charge in [0.25, 0.3) is 0 Å². The van der Waals surface area contributed by atoms with Crippen LogP contribution in [-0.2, 0) is 40.4 Å². The summed E-state index contributed by atoms with van der Waals surface area (Å²) < 4.78 is 39.5. The van der Waals surface area contributed by atoms with Gasteiger partial charge in [-0.1, -0.05) is 64.7 Å². The zero-order valence-electron chi connectivity index (χ0n) is 13.1. The second kappa shape index (κ2) is 16.9. The van der Waals surface area contributed by atoms with Crippen LogP contribution >= 0.6 is 0 Å². The smallest absolute Gasteiger partial charge is 0.217 e. The molecule has 0 rings (SSSR count). The molecule has 0 spiro atoms. The SMILES string of the molecule is CCCCCCCCCCCCOCCOS(=O)(=O)[O-].[Mo]. The average Bonchev–Trinajstić information content (AvgIpc) is 2.38. The molecule has 0 radical (unpaired) electrons. The van der Waals surface area contributed by atoms with Gasteiger partial charge in [-0.05, 0) is 6.42 Å². The van der Waals surface area contributed by atoms with E-state index in [1.54, 1.807) is 0 Å². The Bertz CT molecular complexity index is 296. The molecule has 0 aromatic rings. The first-order valence-electron chi connectivity index (χ1n) is 7.74. The van der Waals surface area contributed by atoms with Crippen LogP contribution in [0.15, 0.2) is 0 Å². The van der Waals surface area contributed by atoms with Gasteiger partial charge in [0.1, 0.15) is 0 Å². The molecule has 0 bridgehead atoms. The first-order valence-corrected chi connectivity index (χ1v) is 9.07. The monoisotopic (exact) mass is 407 g/mol. The van der Waals surface area contributed by atoms with E-state index in [0.717, 1.165) is 12.8 Å². The van der Waals surface area contributed by atoms with Crippen molar-refractivity contribution >= 4 is 10.4 Å². The predicted octanol–water partition coefficient (Wildman–Crippen LogP) is 3.40. The Morgan fingerprint density at radius 1 is 0.762 bits per heavy atom. The summed E-state index contributed by atoms with van der Waals surface area (Å²) >= 11 is 0. The Hall–Kier alpha value is 0.518. The minimum absolute atomic E-state index is 0. The van der Waals surface area contributed by atoms with Crippen LogP contribution in [0.3, 0.4) is 0 Å². The summed E-state index contributed by atoms with van der Waals surface area (Å²) in [6.07, 6.45) is 12.7. The molecule has 0 heterocycles. The van der Waals surface area contributed by atoms with Gasteiger partial charge in [-0.3, -0.25) is 4.18 Å². The third kappa shape index (κ3) is 22.9. The van der Waals surface area contributed by atoms with Gasteiger partial charge in [0.2, 0.25) is 10.4 Å².